The van der Waals surface area contributed by atoms with Crippen molar-refractivity contribution < 1.29 is 14.6 Å². The Balaban J connectivity index is 2.23. The lowest BCUT2D eigenvalue weighted by Gasteiger charge is -2.09. The van der Waals surface area contributed by atoms with Crippen molar-refractivity contribution >= 4 is 5.97 Å². The van der Waals surface area contributed by atoms with Crippen LogP contribution < -0.4 is 0 Å². The van der Waals surface area contributed by atoms with Gasteiger partial charge in [-0.15, -0.1) is 0 Å². The summed E-state index contributed by atoms with van der Waals surface area (Å²) in [4.78, 5) is 11.2. The van der Waals surface area contributed by atoms with Crippen molar-refractivity contribution in [3.8, 4) is 0 Å². The van der Waals surface area contributed by atoms with Gasteiger partial charge in [0.25, 0.3) is 0 Å². The molecule has 1 aromatic carbocycles. The van der Waals surface area contributed by atoms with E-state index in [0.717, 1.165) is 12.0 Å². The van der Waals surface area contributed by atoms with Crippen LogP contribution in [0.5, 0.6) is 0 Å². The minimum absolute atomic E-state index is 0.0423. The first-order valence-corrected chi connectivity index (χ1v) is 5.71. The van der Waals surface area contributed by atoms with Gasteiger partial charge in [0.2, 0.25) is 0 Å². The van der Waals surface area contributed by atoms with Gasteiger partial charge >= 0.3 is 5.97 Å². The second kappa shape index (κ2) is 7.63. The maximum absolute atomic E-state index is 11.2. The molecule has 0 aliphatic rings. The van der Waals surface area contributed by atoms with Crippen LogP contribution in [0.3, 0.4) is 0 Å². The molecule has 0 aliphatic heterocycles. The highest BCUT2D eigenvalue weighted by Gasteiger charge is 2.11. The van der Waals surface area contributed by atoms with Gasteiger partial charge in [-0.25, -0.2) is 0 Å². The fourth-order valence-corrected chi connectivity index (χ4v) is 1.48. The molecule has 0 spiro atoms. The lowest BCUT2D eigenvalue weighted by Crippen LogP contribution is -2.16. The average molecular weight is 234 g/mol. The molecule has 0 amide bonds. The second-order valence-electron chi connectivity index (χ2n) is 3.85. The summed E-state index contributed by atoms with van der Waals surface area (Å²) in [5.74, 6) is -0.384. The number of aliphatic hydroxyl groups excluding tert-OH is 1. The Hall–Kier alpha value is -1.61. The van der Waals surface area contributed by atoms with Crippen LogP contribution in [0.15, 0.2) is 43.0 Å². The van der Waals surface area contributed by atoms with Gasteiger partial charge in [0.15, 0.2) is 0 Å². The first-order chi connectivity index (χ1) is 8.22. The fraction of sp³-hybridized carbons (Fsp3) is 0.357. The quantitative estimate of drug-likeness (QED) is 0.580. The third-order valence-electron chi connectivity index (χ3n) is 2.37. The molecule has 0 aliphatic carbocycles. The lowest BCUT2D eigenvalue weighted by atomic mass is 10.1. The van der Waals surface area contributed by atoms with E-state index < -0.39 is 6.10 Å². The third-order valence-corrected chi connectivity index (χ3v) is 2.37. The Bertz CT molecular complexity index is 346. The van der Waals surface area contributed by atoms with Crippen LogP contribution in [0, 0.1) is 0 Å². The standard InChI is InChI=1S/C14H18O3/c1-2-10-17-14(16)11-13(15)9-8-12-6-4-3-5-7-12/h2-7,13,15H,1,8-11H2. The van der Waals surface area contributed by atoms with E-state index >= 15 is 0 Å². The van der Waals surface area contributed by atoms with Gasteiger partial charge in [-0.05, 0) is 18.4 Å². The number of benzene rings is 1. The molecule has 0 saturated carbocycles. The molecule has 0 aromatic heterocycles. The molecule has 92 valence electrons. The van der Waals surface area contributed by atoms with Gasteiger partial charge in [-0.1, -0.05) is 43.0 Å². The molecule has 1 N–H and O–H groups in total. The van der Waals surface area contributed by atoms with E-state index in [0.29, 0.717) is 6.42 Å². The first kappa shape index (κ1) is 13.5. The Morgan fingerprint density at radius 1 is 1.41 bits per heavy atom. The summed E-state index contributed by atoms with van der Waals surface area (Å²) in [5, 5.41) is 9.65. The minimum atomic E-state index is -0.646. The molecule has 0 radical (unpaired) electrons. The normalized spacial score (nSPS) is 11.8. The van der Waals surface area contributed by atoms with Crippen LogP contribution in [0.1, 0.15) is 18.4 Å². The number of rotatable bonds is 7. The van der Waals surface area contributed by atoms with Crippen LogP contribution in [0.25, 0.3) is 0 Å². The molecule has 0 saturated heterocycles. The van der Waals surface area contributed by atoms with E-state index in [1.54, 1.807) is 0 Å². The second-order valence-corrected chi connectivity index (χ2v) is 3.85. The van der Waals surface area contributed by atoms with Crippen molar-refractivity contribution in [2.24, 2.45) is 0 Å². The predicted molar refractivity (Wildman–Crippen MR) is 66.5 cm³/mol. The highest BCUT2D eigenvalue weighted by molar-refractivity contribution is 5.70. The number of aliphatic hydroxyl groups is 1. The number of carbonyl (C=O) groups is 1. The van der Waals surface area contributed by atoms with Gasteiger partial charge < -0.3 is 9.84 Å². The number of ether oxygens (including phenoxy) is 1. The Morgan fingerprint density at radius 2 is 2.12 bits per heavy atom. The van der Waals surface area contributed by atoms with E-state index in [9.17, 15) is 9.90 Å². The van der Waals surface area contributed by atoms with E-state index in [1.807, 2.05) is 30.3 Å². The van der Waals surface area contributed by atoms with Gasteiger partial charge in [0.05, 0.1) is 12.5 Å². The molecule has 1 rings (SSSR count). The van der Waals surface area contributed by atoms with Crippen molar-refractivity contribution in [3.63, 3.8) is 0 Å². The Labute approximate surface area is 102 Å². The third kappa shape index (κ3) is 5.88. The van der Waals surface area contributed by atoms with Crippen LogP contribution in [0.4, 0.5) is 0 Å². The summed E-state index contributed by atoms with van der Waals surface area (Å²) in [6.07, 6.45) is 2.23. The van der Waals surface area contributed by atoms with Gasteiger partial charge in [0, 0.05) is 0 Å². The predicted octanol–water partition coefficient (Wildman–Crippen LogP) is 2.10. The molecule has 17 heavy (non-hydrogen) atoms. The maximum Gasteiger partial charge on any atom is 0.308 e. The zero-order valence-corrected chi connectivity index (χ0v) is 9.84. The molecule has 0 heterocycles. The topological polar surface area (TPSA) is 46.5 Å². The number of aryl methyl sites for hydroxylation is 1. The van der Waals surface area contributed by atoms with Crippen LogP contribution in [0.2, 0.25) is 0 Å². The number of hydrogen-bond acceptors (Lipinski definition) is 3. The summed E-state index contributed by atoms with van der Waals surface area (Å²) in [7, 11) is 0. The van der Waals surface area contributed by atoms with Crippen LogP contribution >= 0.6 is 0 Å². The Morgan fingerprint density at radius 3 is 2.76 bits per heavy atom. The molecule has 0 bridgehead atoms. The molecule has 1 aromatic rings. The van der Waals surface area contributed by atoms with Crippen LogP contribution in [-0.2, 0) is 16.0 Å². The van der Waals surface area contributed by atoms with Crippen LogP contribution in [-0.4, -0.2) is 23.8 Å². The zero-order valence-electron chi connectivity index (χ0n) is 9.84. The molecule has 3 heteroatoms. The van der Waals surface area contributed by atoms with E-state index in [2.05, 4.69) is 6.58 Å². The molecular formula is C14H18O3. The lowest BCUT2D eigenvalue weighted by molar-refractivity contribution is -0.144. The Kier molecular flexibility index (Phi) is 6.04. The van der Waals surface area contributed by atoms with E-state index in [-0.39, 0.29) is 19.0 Å². The highest BCUT2D eigenvalue weighted by Crippen LogP contribution is 2.07. The van der Waals surface area contributed by atoms with E-state index in [4.69, 9.17) is 4.74 Å². The SMILES string of the molecule is C=CCOC(=O)CC(O)CCc1ccccc1. The maximum atomic E-state index is 11.2. The van der Waals surface area contributed by atoms with Gasteiger partial charge in [-0.3, -0.25) is 4.79 Å². The number of carbonyl (C=O) groups excluding carboxylic acids is 1. The molecule has 0 fully saturated rings. The van der Waals surface area contributed by atoms with Crippen molar-refractivity contribution in [2.45, 2.75) is 25.4 Å². The van der Waals surface area contributed by atoms with Crippen molar-refractivity contribution in [1.82, 2.24) is 0 Å². The fourth-order valence-electron chi connectivity index (χ4n) is 1.48. The summed E-state index contributed by atoms with van der Waals surface area (Å²) < 4.78 is 4.80. The monoisotopic (exact) mass is 234 g/mol. The van der Waals surface area contributed by atoms with Crippen molar-refractivity contribution in [2.75, 3.05) is 6.61 Å². The zero-order chi connectivity index (χ0) is 12.5. The largest absolute Gasteiger partial charge is 0.461 e. The summed E-state index contributed by atoms with van der Waals surface area (Å²) >= 11 is 0. The molecule has 1 unspecified atom stereocenters. The van der Waals surface area contributed by atoms with Gasteiger partial charge in [-0.2, -0.15) is 0 Å². The van der Waals surface area contributed by atoms with Crippen molar-refractivity contribution in [1.29, 1.82) is 0 Å². The average Bonchev–Trinajstić information content (AvgIpc) is 2.35. The molecular weight excluding hydrogens is 216 g/mol. The molecule has 3 nitrogen and oxygen atoms in total. The molecule has 1 atom stereocenters. The number of esters is 1. The van der Waals surface area contributed by atoms with Gasteiger partial charge in [0.1, 0.15) is 6.61 Å². The highest BCUT2D eigenvalue weighted by atomic mass is 16.5. The number of hydrogen-bond donors (Lipinski definition) is 1. The minimum Gasteiger partial charge on any atom is -0.461 e. The summed E-state index contributed by atoms with van der Waals surface area (Å²) in [5.41, 5.74) is 1.16. The summed E-state index contributed by atoms with van der Waals surface area (Å²) in [6, 6.07) is 9.87. The smallest absolute Gasteiger partial charge is 0.308 e. The first-order valence-electron chi connectivity index (χ1n) is 5.71. The van der Waals surface area contributed by atoms with E-state index in [1.165, 1.54) is 6.08 Å². The summed E-state index contributed by atoms with van der Waals surface area (Å²) in [6.45, 7) is 3.65. The van der Waals surface area contributed by atoms with Crippen molar-refractivity contribution in [3.05, 3.63) is 48.6 Å².